The van der Waals surface area contributed by atoms with E-state index in [2.05, 4.69) is 43.0 Å². The molecule has 1 fully saturated rings. The molecule has 4 atom stereocenters. The standard InChI is InChI=1S/C16H26N2O2/c1-11-5-4-6-14(7-11)16(13(3)17)18-8-15(9-19)20-10-12(18)2/h4-7,12-13,15-16,19H,8-10,17H2,1-3H3. The number of hydrogen-bond acceptors (Lipinski definition) is 4. The first-order valence-electron chi connectivity index (χ1n) is 7.33. The molecule has 2 rings (SSSR count). The smallest absolute Gasteiger partial charge is 0.0933 e. The highest BCUT2D eigenvalue weighted by molar-refractivity contribution is 5.26. The number of nitrogens with zero attached hydrogens (tertiary/aromatic N) is 1. The molecule has 0 aromatic heterocycles. The summed E-state index contributed by atoms with van der Waals surface area (Å²) in [7, 11) is 0. The Labute approximate surface area is 121 Å². The second kappa shape index (κ2) is 6.68. The molecule has 0 radical (unpaired) electrons. The van der Waals surface area contributed by atoms with Crippen molar-refractivity contribution in [1.82, 2.24) is 4.90 Å². The van der Waals surface area contributed by atoms with Gasteiger partial charge < -0.3 is 15.6 Å². The van der Waals surface area contributed by atoms with Gasteiger partial charge in [0.05, 0.1) is 25.4 Å². The molecule has 0 aliphatic carbocycles. The van der Waals surface area contributed by atoms with Gasteiger partial charge >= 0.3 is 0 Å². The van der Waals surface area contributed by atoms with Gasteiger partial charge in [-0.2, -0.15) is 0 Å². The molecule has 0 spiro atoms. The van der Waals surface area contributed by atoms with Crippen LogP contribution in [0.4, 0.5) is 0 Å². The number of rotatable bonds is 4. The summed E-state index contributed by atoms with van der Waals surface area (Å²) in [4.78, 5) is 2.36. The van der Waals surface area contributed by atoms with Crippen LogP contribution in [0.5, 0.6) is 0 Å². The lowest BCUT2D eigenvalue weighted by atomic mass is 9.95. The fraction of sp³-hybridized carbons (Fsp3) is 0.625. The largest absolute Gasteiger partial charge is 0.394 e. The van der Waals surface area contributed by atoms with Gasteiger partial charge in [-0.25, -0.2) is 0 Å². The molecule has 3 N–H and O–H groups in total. The zero-order chi connectivity index (χ0) is 14.7. The Hall–Kier alpha value is -0.940. The molecule has 1 saturated heterocycles. The third-order valence-electron chi connectivity index (χ3n) is 4.00. The van der Waals surface area contributed by atoms with E-state index >= 15 is 0 Å². The molecule has 1 heterocycles. The molecule has 4 nitrogen and oxygen atoms in total. The maximum atomic E-state index is 9.35. The van der Waals surface area contributed by atoms with Crippen LogP contribution in [0.25, 0.3) is 0 Å². The van der Waals surface area contributed by atoms with Gasteiger partial charge in [-0.1, -0.05) is 29.8 Å². The van der Waals surface area contributed by atoms with Crippen LogP contribution in [0.3, 0.4) is 0 Å². The van der Waals surface area contributed by atoms with Crippen molar-refractivity contribution in [2.75, 3.05) is 19.8 Å². The Morgan fingerprint density at radius 1 is 1.50 bits per heavy atom. The van der Waals surface area contributed by atoms with Crippen molar-refractivity contribution in [2.45, 2.75) is 45.0 Å². The highest BCUT2D eigenvalue weighted by Gasteiger charge is 2.33. The van der Waals surface area contributed by atoms with Gasteiger partial charge in [0.15, 0.2) is 0 Å². The van der Waals surface area contributed by atoms with Crippen molar-refractivity contribution >= 4 is 0 Å². The quantitative estimate of drug-likeness (QED) is 0.875. The fourth-order valence-electron chi connectivity index (χ4n) is 2.99. The monoisotopic (exact) mass is 278 g/mol. The SMILES string of the molecule is Cc1cccc(C(C(C)N)N2CC(CO)OCC2C)c1. The summed E-state index contributed by atoms with van der Waals surface area (Å²) >= 11 is 0. The van der Waals surface area contributed by atoms with Crippen LogP contribution in [0, 0.1) is 6.92 Å². The Bertz CT molecular complexity index is 436. The Morgan fingerprint density at radius 2 is 2.25 bits per heavy atom. The number of nitrogens with two attached hydrogens (primary N) is 1. The third kappa shape index (κ3) is 3.38. The van der Waals surface area contributed by atoms with E-state index in [1.54, 1.807) is 0 Å². The molecule has 0 bridgehead atoms. The average molecular weight is 278 g/mol. The highest BCUT2D eigenvalue weighted by atomic mass is 16.5. The van der Waals surface area contributed by atoms with Crippen LogP contribution in [0.1, 0.15) is 31.0 Å². The normalized spacial score (nSPS) is 27.2. The number of aliphatic hydroxyl groups excluding tert-OH is 1. The van der Waals surface area contributed by atoms with E-state index in [4.69, 9.17) is 10.5 Å². The zero-order valence-electron chi connectivity index (χ0n) is 12.6. The maximum absolute atomic E-state index is 9.35. The number of ether oxygens (including phenoxy) is 1. The number of benzene rings is 1. The molecule has 4 unspecified atom stereocenters. The number of hydrogen-bond donors (Lipinski definition) is 2. The van der Waals surface area contributed by atoms with Crippen molar-refractivity contribution in [3.8, 4) is 0 Å². The lowest BCUT2D eigenvalue weighted by Gasteiger charge is -2.44. The van der Waals surface area contributed by atoms with Gasteiger partial charge in [-0.05, 0) is 26.3 Å². The second-order valence-electron chi connectivity index (χ2n) is 5.90. The first kappa shape index (κ1) is 15.4. The van der Waals surface area contributed by atoms with Gasteiger partial charge in [0.2, 0.25) is 0 Å². The van der Waals surface area contributed by atoms with Gasteiger partial charge in [0.1, 0.15) is 0 Å². The molecule has 112 valence electrons. The van der Waals surface area contributed by atoms with E-state index in [1.807, 2.05) is 6.92 Å². The average Bonchev–Trinajstić information content (AvgIpc) is 2.41. The third-order valence-corrected chi connectivity index (χ3v) is 4.00. The lowest BCUT2D eigenvalue weighted by Crippen LogP contribution is -2.54. The van der Waals surface area contributed by atoms with E-state index in [-0.39, 0.29) is 24.8 Å². The molecule has 1 aromatic rings. The maximum Gasteiger partial charge on any atom is 0.0933 e. The first-order chi connectivity index (χ1) is 9.52. The van der Waals surface area contributed by atoms with Crippen LogP contribution in [-0.4, -0.2) is 48.0 Å². The predicted molar refractivity (Wildman–Crippen MR) is 80.6 cm³/mol. The summed E-state index contributed by atoms with van der Waals surface area (Å²) in [5.74, 6) is 0. The fourth-order valence-corrected chi connectivity index (χ4v) is 2.99. The topological polar surface area (TPSA) is 58.7 Å². The molecular weight excluding hydrogens is 252 g/mol. The number of morpholine rings is 1. The zero-order valence-corrected chi connectivity index (χ0v) is 12.6. The van der Waals surface area contributed by atoms with E-state index < -0.39 is 0 Å². The van der Waals surface area contributed by atoms with Crippen molar-refractivity contribution < 1.29 is 9.84 Å². The van der Waals surface area contributed by atoms with Crippen LogP contribution >= 0.6 is 0 Å². The molecule has 1 aliphatic rings. The van der Waals surface area contributed by atoms with E-state index in [0.29, 0.717) is 12.6 Å². The molecule has 1 aliphatic heterocycles. The molecule has 20 heavy (non-hydrogen) atoms. The predicted octanol–water partition coefficient (Wildman–Crippen LogP) is 1.46. The van der Waals surface area contributed by atoms with Crippen LogP contribution in [0.2, 0.25) is 0 Å². The summed E-state index contributed by atoms with van der Waals surface area (Å²) < 4.78 is 5.63. The minimum absolute atomic E-state index is 0.0247. The summed E-state index contributed by atoms with van der Waals surface area (Å²) in [6.07, 6.45) is -0.114. The van der Waals surface area contributed by atoms with Crippen molar-refractivity contribution in [3.63, 3.8) is 0 Å². The van der Waals surface area contributed by atoms with Gasteiger partial charge in [0, 0.05) is 18.6 Å². The molecular formula is C16H26N2O2. The first-order valence-corrected chi connectivity index (χ1v) is 7.33. The number of aliphatic hydroxyl groups is 1. The van der Waals surface area contributed by atoms with E-state index in [0.717, 1.165) is 6.54 Å². The number of aryl methyl sites for hydroxylation is 1. The van der Waals surface area contributed by atoms with Gasteiger partial charge in [-0.15, -0.1) is 0 Å². The Balaban J connectivity index is 2.27. The van der Waals surface area contributed by atoms with Gasteiger partial charge in [-0.3, -0.25) is 4.90 Å². The summed E-state index contributed by atoms with van der Waals surface area (Å²) in [6, 6.07) is 8.99. The van der Waals surface area contributed by atoms with Crippen LogP contribution in [-0.2, 0) is 4.74 Å². The molecule has 4 heteroatoms. The van der Waals surface area contributed by atoms with Crippen LogP contribution in [0.15, 0.2) is 24.3 Å². The van der Waals surface area contributed by atoms with Crippen molar-refractivity contribution in [1.29, 1.82) is 0 Å². The Morgan fingerprint density at radius 3 is 2.85 bits per heavy atom. The minimum Gasteiger partial charge on any atom is -0.394 e. The highest BCUT2D eigenvalue weighted by Crippen LogP contribution is 2.29. The lowest BCUT2D eigenvalue weighted by molar-refractivity contribution is -0.0941. The summed E-state index contributed by atoms with van der Waals surface area (Å²) in [5, 5.41) is 9.35. The summed E-state index contributed by atoms with van der Waals surface area (Å²) in [6.45, 7) is 7.71. The molecule has 1 aromatic carbocycles. The summed E-state index contributed by atoms with van der Waals surface area (Å²) in [5.41, 5.74) is 8.74. The molecule has 0 saturated carbocycles. The van der Waals surface area contributed by atoms with Crippen LogP contribution < -0.4 is 5.73 Å². The van der Waals surface area contributed by atoms with E-state index in [1.165, 1.54) is 11.1 Å². The minimum atomic E-state index is -0.114. The van der Waals surface area contributed by atoms with Gasteiger partial charge in [0.25, 0.3) is 0 Å². The van der Waals surface area contributed by atoms with Crippen molar-refractivity contribution in [3.05, 3.63) is 35.4 Å². The Kier molecular flexibility index (Phi) is 5.16. The van der Waals surface area contributed by atoms with Crippen molar-refractivity contribution in [2.24, 2.45) is 5.73 Å². The molecule has 0 amide bonds. The van der Waals surface area contributed by atoms with E-state index in [9.17, 15) is 5.11 Å². The second-order valence-corrected chi connectivity index (χ2v) is 5.90.